The zero-order valence-electron chi connectivity index (χ0n) is 14.7. The highest BCUT2D eigenvalue weighted by atomic mass is 79.9. The predicted octanol–water partition coefficient (Wildman–Crippen LogP) is 4.35. The third-order valence-electron chi connectivity index (χ3n) is 4.59. The number of rotatable bonds is 4. The fourth-order valence-electron chi connectivity index (χ4n) is 3.28. The van der Waals surface area contributed by atoms with Crippen molar-refractivity contribution in [3.63, 3.8) is 0 Å². The van der Waals surface area contributed by atoms with Crippen LogP contribution in [0, 0.1) is 0 Å². The number of fused-ring (bicyclic) bond motifs is 3. The molecule has 0 saturated carbocycles. The number of aromatic nitrogens is 2. The minimum Gasteiger partial charge on any atom is -0.468 e. The summed E-state index contributed by atoms with van der Waals surface area (Å²) in [5, 5.41) is 1.25. The second-order valence-electron chi connectivity index (χ2n) is 6.27. The van der Waals surface area contributed by atoms with E-state index >= 15 is 0 Å². The van der Waals surface area contributed by atoms with Crippen molar-refractivity contribution < 1.29 is 9.53 Å². The molecule has 1 aromatic carbocycles. The summed E-state index contributed by atoms with van der Waals surface area (Å²) < 4.78 is 7.29. The van der Waals surface area contributed by atoms with Crippen LogP contribution in [0.2, 0.25) is 0 Å². The first-order chi connectivity index (χ1) is 13.1. The van der Waals surface area contributed by atoms with Gasteiger partial charge >= 0.3 is 5.97 Å². The Morgan fingerprint density at radius 2 is 2.04 bits per heavy atom. The molecular formula is C19H17BrN2O3S2. The van der Waals surface area contributed by atoms with Crippen LogP contribution in [0.1, 0.15) is 23.3 Å². The van der Waals surface area contributed by atoms with E-state index < -0.39 is 0 Å². The molecule has 27 heavy (non-hydrogen) atoms. The van der Waals surface area contributed by atoms with Crippen molar-refractivity contribution in [3.05, 3.63) is 49.5 Å². The molecule has 0 atom stereocenters. The SMILES string of the molecule is COC(=O)CSc1nc2sc3c(c2c(=O)n1-c1ccc(Br)cc1)CCCC3. The molecule has 0 radical (unpaired) electrons. The number of hydrogen-bond donors (Lipinski definition) is 0. The quantitative estimate of drug-likeness (QED) is 0.326. The molecule has 8 heteroatoms. The average molecular weight is 465 g/mol. The van der Waals surface area contributed by atoms with E-state index in [0.29, 0.717) is 5.16 Å². The van der Waals surface area contributed by atoms with Crippen LogP contribution in [0.5, 0.6) is 0 Å². The van der Waals surface area contributed by atoms with Gasteiger partial charge in [-0.25, -0.2) is 4.98 Å². The number of hydrogen-bond acceptors (Lipinski definition) is 6. The summed E-state index contributed by atoms with van der Waals surface area (Å²) in [6, 6.07) is 7.54. The summed E-state index contributed by atoms with van der Waals surface area (Å²) in [4.78, 5) is 31.9. The highest BCUT2D eigenvalue weighted by Gasteiger charge is 2.23. The Morgan fingerprint density at radius 3 is 2.78 bits per heavy atom. The minimum absolute atomic E-state index is 0.0610. The Labute approximate surface area is 172 Å². The lowest BCUT2D eigenvalue weighted by Gasteiger charge is -2.13. The number of thiophene rings is 1. The third kappa shape index (κ3) is 3.58. The van der Waals surface area contributed by atoms with Crippen molar-refractivity contribution >= 4 is 55.2 Å². The van der Waals surface area contributed by atoms with Crippen molar-refractivity contribution in [1.29, 1.82) is 0 Å². The van der Waals surface area contributed by atoms with Gasteiger partial charge < -0.3 is 4.74 Å². The van der Waals surface area contributed by atoms with E-state index in [2.05, 4.69) is 15.9 Å². The fourth-order valence-corrected chi connectivity index (χ4v) is 5.70. The molecule has 3 aromatic rings. The van der Waals surface area contributed by atoms with Crippen molar-refractivity contribution in [2.75, 3.05) is 12.9 Å². The van der Waals surface area contributed by atoms with Gasteiger partial charge in [0.2, 0.25) is 0 Å². The number of ether oxygens (including phenoxy) is 1. The zero-order valence-corrected chi connectivity index (χ0v) is 17.9. The van der Waals surface area contributed by atoms with Crippen LogP contribution in [0.3, 0.4) is 0 Å². The molecule has 2 heterocycles. The van der Waals surface area contributed by atoms with Crippen LogP contribution in [-0.2, 0) is 22.4 Å². The Morgan fingerprint density at radius 1 is 1.30 bits per heavy atom. The average Bonchev–Trinajstić information content (AvgIpc) is 3.05. The van der Waals surface area contributed by atoms with Crippen LogP contribution in [0.25, 0.3) is 15.9 Å². The molecule has 140 valence electrons. The lowest BCUT2D eigenvalue weighted by atomic mass is 9.97. The summed E-state index contributed by atoms with van der Waals surface area (Å²) in [6.45, 7) is 0. The van der Waals surface area contributed by atoms with Crippen molar-refractivity contribution in [3.8, 4) is 5.69 Å². The van der Waals surface area contributed by atoms with Crippen LogP contribution in [-0.4, -0.2) is 28.4 Å². The van der Waals surface area contributed by atoms with Gasteiger partial charge in [-0.2, -0.15) is 0 Å². The van der Waals surface area contributed by atoms with Crippen LogP contribution in [0.15, 0.2) is 38.7 Å². The Bertz CT molecular complexity index is 1070. The number of methoxy groups -OCH3 is 1. The highest BCUT2D eigenvalue weighted by Crippen LogP contribution is 2.35. The van der Waals surface area contributed by atoms with Gasteiger partial charge in [-0.1, -0.05) is 27.7 Å². The molecular weight excluding hydrogens is 448 g/mol. The van der Waals surface area contributed by atoms with Gasteiger partial charge in [0, 0.05) is 9.35 Å². The Kier molecular flexibility index (Phi) is 5.39. The van der Waals surface area contributed by atoms with Gasteiger partial charge in [0.15, 0.2) is 5.16 Å². The molecule has 2 aromatic heterocycles. The second-order valence-corrected chi connectivity index (χ2v) is 9.21. The lowest BCUT2D eigenvalue weighted by Crippen LogP contribution is -2.22. The molecule has 1 aliphatic carbocycles. The third-order valence-corrected chi connectivity index (χ3v) is 7.22. The van der Waals surface area contributed by atoms with Gasteiger partial charge in [-0.3, -0.25) is 14.2 Å². The maximum absolute atomic E-state index is 13.5. The number of nitrogens with zero attached hydrogens (tertiary/aromatic N) is 2. The zero-order chi connectivity index (χ0) is 19.0. The molecule has 0 saturated heterocycles. The molecule has 0 N–H and O–H groups in total. The maximum Gasteiger partial charge on any atom is 0.316 e. The molecule has 0 amide bonds. The van der Waals surface area contributed by atoms with E-state index in [1.54, 1.807) is 15.9 Å². The summed E-state index contributed by atoms with van der Waals surface area (Å²) >= 11 is 6.27. The van der Waals surface area contributed by atoms with E-state index in [9.17, 15) is 9.59 Å². The molecule has 1 aliphatic rings. The van der Waals surface area contributed by atoms with E-state index in [0.717, 1.165) is 51.6 Å². The monoisotopic (exact) mass is 464 g/mol. The number of carbonyl (C=O) groups excluding carboxylic acids is 1. The van der Waals surface area contributed by atoms with Gasteiger partial charge in [-0.15, -0.1) is 11.3 Å². The van der Waals surface area contributed by atoms with Gasteiger partial charge in [0.25, 0.3) is 5.56 Å². The smallest absolute Gasteiger partial charge is 0.316 e. The first-order valence-electron chi connectivity index (χ1n) is 8.61. The molecule has 5 nitrogen and oxygen atoms in total. The number of benzene rings is 1. The summed E-state index contributed by atoms with van der Waals surface area (Å²) in [7, 11) is 1.36. The Balaban J connectivity index is 1.93. The molecule has 0 bridgehead atoms. The van der Waals surface area contributed by atoms with Gasteiger partial charge in [0.1, 0.15) is 4.83 Å². The van der Waals surface area contributed by atoms with E-state index in [-0.39, 0.29) is 17.3 Å². The largest absolute Gasteiger partial charge is 0.468 e. The molecule has 0 spiro atoms. The fraction of sp³-hybridized carbons (Fsp3) is 0.316. The molecule has 0 unspecified atom stereocenters. The predicted molar refractivity (Wildman–Crippen MR) is 112 cm³/mol. The van der Waals surface area contributed by atoms with E-state index in [1.165, 1.54) is 23.7 Å². The summed E-state index contributed by atoms with van der Waals surface area (Å²) in [6.07, 6.45) is 4.21. The van der Waals surface area contributed by atoms with E-state index in [4.69, 9.17) is 9.72 Å². The topological polar surface area (TPSA) is 61.2 Å². The molecule has 0 aliphatic heterocycles. The molecule has 4 rings (SSSR count). The number of carbonyl (C=O) groups is 1. The first-order valence-corrected chi connectivity index (χ1v) is 11.2. The second kappa shape index (κ2) is 7.77. The Hall–Kier alpha value is -1.64. The van der Waals surface area contributed by atoms with Crippen molar-refractivity contribution in [2.45, 2.75) is 30.8 Å². The molecule has 0 fully saturated rings. The minimum atomic E-state index is -0.345. The number of halogens is 1. The van der Waals surface area contributed by atoms with Crippen molar-refractivity contribution in [2.24, 2.45) is 0 Å². The summed E-state index contributed by atoms with van der Waals surface area (Å²) in [5.74, 6) is -0.238. The summed E-state index contributed by atoms with van der Waals surface area (Å²) in [5.41, 5.74) is 1.84. The standard InChI is InChI=1S/C19H17BrN2O3S2/c1-25-15(23)10-26-19-21-17-16(13-4-2-3-5-14(13)27-17)18(24)22(19)12-8-6-11(20)7-9-12/h6-9H,2-5,10H2,1H3. The van der Waals surface area contributed by atoms with E-state index in [1.807, 2.05) is 24.3 Å². The van der Waals surface area contributed by atoms with Crippen LogP contribution in [0.4, 0.5) is 0 Å². The van der Waals surface area contributed by atoms with Gasteiger partial charge in [0.05, 0.1) is 23.9 Å². The van der Waals surface area contributed by atoms with Crippen LogP contribution >= 0.6 is 39.0 Å². The number of aryl methyl sites for hydroxylation is 2. The maximum atomic E-state index is 13.5. The number of thioether (sulfide) groups is 1. The first kappa shape index (κ1) is 18.7. The van der Waals surface area contributed by atoms with Crippen LogP contribution < -0.4 is 5.56 Å². The van der Waals surface area contributed by atoms with Crippen molar-refractivity contribution in [1.82, 2.24) is 9.55 Å². The number of esters is 1. The normalized spacial score (nSPS) is 13.6. The highest BCUT2D eigenvalue weighted by molar-refractivity contribution is 9.10. The van der Waals surface area contributed by atoms with Gasteiger partial charge in [-0.05, 0) is 55.5 Å². The lowest BCUT2D eigenvalue weighted by molar-refractivity contribution is -0.137.